The number of aryl methyl sites for hydroxylation is 3. The summed E-state index contributed by atoms with van der Waals surface area (Å²) < 4.78 is 2.05. The molecule has 0 spiro atoms. The van der Waals surface area contributed by atoms with Crippen molar-refractivity contribution in [3.05, 3.63) is 35.2 Å². The van der Waals surface area contributed by atoms with Crippen molar-refractivity contribution in [1.82, 2.24) is 19.7 Å². The van der Waals surface area contributed by atoms with Crippen LogP contribution >= 0.6 is 11.8 Å². The minimum Gasteiger partial charge on any atom is -0.342 e. The third-order valence-corrected chi connectivity index (χ3v) is 5.95. The van der Waals surface area contributed by atoms with Gasteiger partial charge >= 0.3 is 0 Å². The van der Waals surface area contributed by atoms with Gasteiger partial charge in [0.1, 0.15) is 5.82 Å². The third kappa shape index (κ3) is 3.89. The Kier molecular flexibility index (Phi) is 5.18. The summed E-state index contributed by atoms with van der Waals surface area (Å²) in [7, 11) is 1.91. The number of thioether (sulfide) groups is 1. The van der Waals surface area contributed by atoms with E-state index in [4.69, 9.17) is 0 Å². The Morgan fingerprint density at radius 1 is 1.32 bits per heavy atom. The van der Waals surface area contributed by atoms with Gasteiger partial charge in [0.25, 0.3) is 0 Å². The Balaban J connectivity index is 1.75. The molecule has 1 aliphatic rings. The second kappa shape index (κ2) is 7.20. The molecule has 1 aromatic carbocycles. The monoisotopic (exact) mass is 358 g/mol. The van der Waals surface area contributed by atoms with Crippen LogP contribution in [0.25, 0.3) is 5.69 Å². The lowest BCUT2D eigenvalue weighted by atomic mass is 10.1. The van der Waals surface area contributed by atoms with Crippen molar-refractivity contribution in [3.63, 3.8) is 0 Å². The number of aromatic nitrogens is 3. The molecule has 2 aromatic rings. The highest BCUT2D eigenvalue weighted by atomic mass is 32.2. The molecule has 0 aliphatic heterocycles. The normalized spacial score (nSPS) is 15.2. The van der Waals surface area contributed by atoms with Gasteiger partial charge in [-0.2, -0.15) is 0 Å². The average Bonchev–Trinajstić information content (AvgIpc) is 3.37. The van der Waals surface area contributed by atoms with Gasteiger partial charge in [-0.1, -0.05) is 23.9 Å². The van der Waals surface area contributed by atoms with E-state index in [1.807, 2.05) is 23.4 Å². The number of amides is 1. The molecule has 1 aromatic heterocycles. The van der Waals surface area contributed by atoms with E-state index in [1.165, 1.54) is 35.7 Å². The van der Waals surface area contributed by atoms with E-state index >= 15 is 0 Å². The Labute approximate surface area is 153 Å². The Bertz CT molecular complexity index is 782. The molecule has 1 unspecified atom stereocenters. The van der Waals surface area contributed by atoms with E-state index in [2.05, 4.69) is 49.2 Å². The predicted molar refractivity (Wildman–Crippen MR) is 101 cm³/mol. The first kappa shape index (κ1) is 18.0. The van der Waals surface area contributed by atoms with Crippen molar-refractivity contribution >= 4 is 17.7 Å². The average molecular weight is 359 g/mol. The Hall–Kier alpha value is -1.82. The van der Waals surface area contributed by atoms with Gasteiger partial charge in [0, 0.05) is 13.1 Å². The highest BCUT2D eigenvalue weighted by Gasteiger charge is 2.32. The summed E-state index contributed by atoms with van der Waals surface area (Å²) in [6.45, 7) is 8.25. The fourth-order valence-electron chi connectivity index (χ4n) is 3.02. The van der Waals surface area contributed by atoms with Gasteiger partial charge in [0.2, 0.25) is 5.91 Å². The highest BCUT2D eigenvalue weighted by molar-refractivity contribution is 7.99. The van der Waals surface area contributed by atoms with Crippen LogP contribution in [-0.4, -0.2) is 44.4 Å². The molecular weight excluding hydrogens is 332 g/mol. The van der Waals surface area contributed by atoms with E-state index in [9.17, 15) is 4.79 Å². The van der Waals surface area contributed by atoms with Crippen molar-refractivity contribution in [2.24, 2.45) is 5.92 Å². The van der Waals surface area contributed by atoms with E-state index < -0.39 is 0 Å². The maximum Gasteiger partial charge on any atom is 0.233 e. The zero-order valence-corrected chi connectivity index (χ0v) is 16.4. The Morgan fingerprint density at radius 2 is 2.04 bits per heavy atom. The van der Waals surface area contributed by atoms with Crippen LogP contribution in [0.4, 0.5) is 0 Å². The highest BCUT2D eigenvalue weighted by Crippen LogP contribution is 2.35. The lowest BCUT2D eigenvalue weighted by molar-refractivity contribution is -0.129. The van der Waals surface area contributed by atoms with Gasteiger partial charge in [-0.15, -0.1) is 10.2 Å². The predicted octanol–water partition coefficient (Wildman–Crippen LogP) is 3.54. The fraction of sp³-hybridized carbons (Fsp3) is 0.526. The lowest BCUT2D eigenvalue weighted by Gasteiger charge is -2.24. The summed E-state index contributed by atoms with van der Waals surface area (Å²) >= 11 is 1.46. The van der Waals surface area contributed by atoms with Crippen molar-refractivity contribution < 1.29 is 4.79 Å². The standard InChI is InChI=1S/C19H26N4OS/c1-12-6-7-13(2)17(10-12)23-15(4)20-21-19(23)25-11-18(24)22(5)14(3)16-8-9-16/h6-7,10,14,16H,8-9,11H2,1-5H3. The Morgan fingerprint density at radius 3 is 2.72 bits per heavy atom. The number of rotatable bonds is 6. The molecule has 0 radical (unpaired) electrons. The van der Waals surface area contributed by atoms with Crippen LogP contribution in [0, 0.1) is 26.7 Å². The summed E-state index contributed by atoms with van der Waals surface area (Å²) in [5.41, 5.74) is 3.44. The van der Waals surface area contributed by atoms with Crippen LogP contribution in [0.2, 0.25) is 0 Å². The molecule has 5 nitrogen and oxygen atoms in total. The lowest BCUT2D eigenvalue weighted by Crippen LogP contribution is -2.37. The van der Waals surface area contributed by atoms with Gasteiger partial charge in [-0.25, -0.2) is 0 Å². The number of hydrogen-bond donors (Lipinski definition) is 0. The summed E-state index contributed by atoms with van der Waals surface area (Å²) in [5, 5.41) is 9.29. The topological polar surface area (TPSA) is 51.0 Å². The number of benzene rings is 1. The van der Waals surface area contributed by atoms with Crippen molar-refractivity contribution in [1.29, 1.82) is 0 Å². The first-order valence-electron chi connectivity index (χ1n) is 8.76. The fourth-order valence-corrected chi connectivity index (χ4v) is 3.94. The second-order valence-electron chi connectivity index (χ2n) is 7.03. The minimum absolute atomic E-state index is 0.151. The molecule has 1 fully saturated rings. The minimum atomic E-state index is 0.151. The molecule has 0 bridgehead atoms. The van der Waals surface area contributed by atoms with E-state index in [-0.39, 0.29) is 5.91 Å². The molecule has 1 atom stereocenters. The molecule has 1 amide bonds. The second-order valence-corrected chi connectivity index (χ2v) is 7.97. The van der Waals surface area contributed by atoms with E-state index in [1.54, 1.807) is 0 Å². The molecule has 3 rings (SSSR count). The zero-order valence-electron chi connectivity index (χ0n) is 15.6. The maximum absolute atomic E-state index is 12.5. The molecule has 1 heterocycles. The van der Waals surface area contributed by atoms with Crippen LogP contribution < -0.4 is 0 Å². The number of carbonyl (C=O) groups excluding carboxylic acids is 1. The van der Waals surface area contributed by atoms with Crippen molar-refractivity contribution in [2.45, 2.75) is 51.7 Å². The molecule has 0 N–H and O–H groups in total. The van der Waals surface area contributed by atoms with Gasteiger partial charge in [0.15, 0.2) is 5.16 Å². The van der Waals surface area contributed by atoms with Crippen molar-refractivity contribution in [3.8, 4) is 5.69 Å². The van der Waals surface area contributed by atoms with Crippen molar-refractivity contribution in [2.75, 3.05) is 12.8 Å². The summed E-state index contributed by atoms with van der Waals surface area (Å²) in [4.78, 5) is 14.4. The third-order valence-electron chi connectivity index (χ3n) is 5.03. The number of carbonyl (C=O) groups is 1. The van der Waals surface area contributed by atoms with Crippen LogP contribution in [0.3, 0.4) is 0 Å². The molecule has 25 heavy (non-hydrogen) atoms. The molecule has 1 aliphatic carbocycles. The van der Waals surface area contributed by atoms with Gasteiger partial charge in [0.05, 0.1) is 11.4 Å². The summed E-state index contributed by atoms with van der Waals surface area (Å²) in [6, 6.07) is 6.67. The van der Waals surface area contributed by atoms with Gasteiger partial charge < -0.3 is 4.90 Å². The summed E-state index contributed by atoms with van der Waals surface area (Å²) in [6.07, 6.45) is 2.48. The number of hydrogen-bond acceptors (Lipinski definition) is 4. The van der Waals surface area contributed by atoms with Gasteiger partial charge in [-0.3, -0.25) is 9.36 Å². The number of nitrogens with zero attached hydrogens (tertiary/aromatic N) is 4. The van der Waals surface area contributed by atoms with Crippen LogP contribution in [-0.2, 0) is 4.79 Å². The first-order chi connectivity index (χ1) is 11.9. The largest absolute Gasteiger partial charge is 0.342 e. The zero-order chi connectivity index (χ0) is 18.1. The van der Waals surface area contributed by atoms with Crippen LogP contribution in [0.5, 0.6) is 0 Å². The van der Waals surface area contributed by atoms with Gasteiger partial charge in [-0.05, 0) is 63.6 Å². The van der Waals surface area contributed by atoms with Crippen LogP contribution in [0.1, 0.15) is 36.7 Å². The molecule has 0 saturated heterocycles. The molecule has 134 valence electrons. The first-order valence-corrected chi connectivity index (χ1v) is 9.75. The quantitative estimate of drug-likeness (QED) is 0.741. The van der Waals surface area contributed by atoms with Crippen LogP contribution in [0.15, 0.2) is 23.4 Å². The van der Waals surface area contributed by atoms with E-state index in [0.29, 0.717) is 17.7 Å². The molecular formula is C19H26N4OS. The summed E-state index contributed by atoms with van der Waals surface area (Å²) in [5.74, 6) is 2.05. The SMILES string of the molecule is Cc1ccc(C)c(-n2c(C)nnc2SCC(=O)N(C)C(C)C2CC2)c1. The molecule has 1 saturated carbocycles. The smallest absolute Gasteiger partial charge is 0.233 e. The van der Waals surface area contributed by atoms with E-state index in [0.717, 1.165) is 16.7 Å². The maximum atomic E-state index is 12.5. The molecule has 6 heteroatoms.